The van der Waals surface area contributed by atoms with Crippen LogP contribution in [0.3, 0.4) is 0 Å². The molecule has 0 aliphatic rings. The number of ether oxygens (including phenoxy) is 2. The highest BCUT2D eigenvalue weighted by atomic mass is 19.1. The molecule has 0 fully saturated rings. The number of hydrogen-bond donors (Lipinski definition) is 0. The lowest BCUT2D eigenvalue weighted by Crippen LogP contribution is -2.00. The number of unbranched alkanes of at least 4 members (excludes halogenated alkanes) is 3. The first-order valence-electron chi connectivity index (χ1n) is 5.63. The molecule has 0 aliphatic heterocycles. The number of alkyl halides is 1. The van der Waals surface area contributed by atoms with Gasteiger partial charge in [-0.3, -0.25) is 0 Å². The molecule has 0 aliphatic carbocycles. The molecule has 0 N–H and O–H groups in total. The second-order valence-electron chi connectivity index (χ2n) is 3.33. The summed E-state index contributed by atoms with van der Waals surface area (Å²) in [5, 5.41) is 0. The maximum atomic E-state index is 11.6. The van der Waals surface area contributed by atoms with Gasteiger partial charge in [0.05, 0.1) is 6.61 Å². The fourth-order valence-corrected chi connectivity index (χ4v) is 1.09. The van der Waals surface area contributed by atoms with Gasteiger partial charge in [0.1, 0.15) is 6.67 Å². The van der Waals surface area contributed by atoms with E-state index in [0.717, 1.165) is 38.9 Å². The van der Waals surface area contributed by atoms with Crippen LogP contribution in [0.15, 0.2) is 0 Å². The molecule has 0 heterocycles. The van der Waals surface area contributed by atoms with Crippen LogP contribution in [0.4, 0.5) is 4.39 Å². The van der Waals surface area contributed by atoms with Crippen LogP contribution in [0, 0.1) is 0 Å². The van der Waals surface area contributed by atoms with E-state index < -0.39 is 0 Å². The summed E-state index contributed by atoms with van der Waals surface area (Å²) < 4.78 is 22.0. The van der Waals surface area contributed by atoms with Gasteiger partial charge in [-0.05, 0) is 25.7 Å². The summed E-state index contributed by atoms with van der Waals surface area (Å²) >= 11 is 0. The molecule has 0 aromatic heterocycles. The lowest BCUT2D eigenvalue weighted by molar-refractivity contribution is 0.106. The molecular weight excluding hydrogens is 183 g/mol. The van der Waals surface area contributed by atoms with Crippen LogP contribution in [0.5, 0.6) is 0 Å². The van der Waals surface area contributed by atoms with Gasteiger partial charge in [0, 0.05) is 19.8 Å². The van der Waals surface area contributed by atoms with Crippen molar-refractivity contribution in [3.05, 3.63) is 0 Å². The minimum atomic E-state index is -0.375. The summed E-state index contributed by atoms with van der Waals surface area (Å²) in [6.07, 6.45) is 5.55. The molecule has 0 amide bonds. The third kappa shape index (κ3) is 11.8. The van der Waals surface area contributed by atoms with Gasteiger partial charge < -0.3 is 9.47 Å². The molecule has 0 radical (unpaired) electrons. The van der Waals surface area contributed by atoms with E-state index in [1.54, 1.807) is 0 Å². The lowest BCUT2D eigenvalue weighted by Gasteiger charge is -2.03. The standard InChI is InChI=1S/C11H23FO2/c1-2-3-8-13-9-5-4-6-10-14-11-7-12/h2-11H2,1H3. The highest BCUT2D eigenvalue weighted by molar-refractivity contribution is 4.41. The molecule has 3 heteroatoms. The van der Waals surface area contributed by atoms with Gasteiger partial charge in [0.25, 0.3) is 0 Å². The molecule has 0 unspecified atom stereocenters. The molecule has 2 nitrogen and oxygen atoms in total. The molecule has 0 bridgehead atoms. The van der Waals surface area contributed by atoms with E-state index in [0.29, 0.717) is 6.61 Å². The first-order valence-corrected chi connectivity index (χ1v) is 5.63. The van der Waals surface area contributed by atoms with Gasteiger partial charge in [-0.15, -0.1) is 0 Å². The van der Waals surface area contributed by atoms with Crippen LogP contribution < -0.4 is 0 Å². The van der Waals surface area contributed by atoms with Crippen molar-refractivity contribution in [2.24, 2.45) is 0 Å². The summed E-state index contributed by atoms with van der Waals surface area (Å²) in [6, 6.07) is 0. The predicted molar refractivity (Wildman–Crippen MR) is 56.4 cm³/mol. The SMILES string of the molecule is CCCCOCCCCCOCCF. The van der Waals surface area contributed by atoms with E-state index >= 15 is 0 Å². The zero-order chi connectivity index (χ0) is 10.5. The first kappa shape index (κ1) is 13.8. The molecule has 0 spiro atoms. The Morgan fingerprint density at radius 3 is 1.93 bits per heavy atom. The van der Waals surface area contributed by atoms with E-state index in [1.807, 2.05) is 0 Å². The Morgan fingerprint density at radius 1 is 0.786 bits per heavy atom. The normalized spacial score (nSPS) is 10.7. The molecule has 0 aromatic carbocycles. The number of hydrogen-bond acceptors (Lipinski definition) is 2. The molecule has 86 valence electrons. The molecule has 0 rings (SSSR count). The summed E-state index contributed by atoms with van der Waals surface area (Å²) in [6.45, 7) is 4.44. The first-order chi connectivity index (χ1) is 6.91. The maximum Gasteiger partial charge on any atom is 0.113 e. The average molecular weight is 206 g/mol. The van der Waals surface area contributed by atoms with Crippen molar-refractivity contribution in [3.8, 4) is 0 Å². The van der Waals surface area contributed by atoms with Crippen LogP contribution in [-0.2, 0) is 9.47 Å². The van der Waals surface area contributed by atoms with E-state index in [-0.39, 0.29) is 13.3 Å². The van der Waals surface area contributed by atoms with Gasteiger partial charge in [0.2, 0.25) is 0 Å². The Bertz CT molecular complexity index is 87.3. The largest absolute Gasteiger partial charge is 0.381 e. The summed E-state index contributed by atoms with van der Waals surface area (Å²) in [5.74, 6) is 0. The topological polar surface area (TPSA) is 18.5 Å². The fraction of sp³-hybridized carbons (Fsp3) is 1.00. The third-order valence-electron chi connectivity index (χ3n) is 1.94. The zero-order valence-corrected chi connectivity index (χ0v) is 9.27. The molecule has 14 heavy (non-hydrogen) atoms. The summed E-state index contributed by atoms with van der Waals surface area (Å²) in [7, 11) is 0. The minimum Gasteiger partial charge on any atom is -0.381 e. The van der Waals surface area contributed by atoms with Gasteiger partial charge in [-0.1, -0.05) is 13.3 Å². The molecule has 0 saturated heterocycles. The van der Waals surface area contributed by atoms with Crippen molar-refractivity contribution in [2.75, 3.05) is 33.1 Å². The molecule has 0 aromatic rings. The maximum absolute atomic E-state index is 11.6. The van der Waals surface area contributed by atoms with E-state index in [4.69, 9.17) is 9.47 Å². The van der Waals surface area contributed by atoms with Crippen LogP contribution >= 0.6 is 0 Å². The zero-order valence-electron chi connectivity index (χ0n) is 9.27. The second-order valence-corrected chi connectivity index (χ2v) is 3.33. The monoisotopic (exact) mass is 206 g/mol. The Balaban J connectivity index is 2.78. The van der Waals surface area contributed by atoms with Crippen LogP contribution in [0.2, 0.25) is 0 Å². The molecule has 0 atom stereocenters. The van der Waals surface area contributed by atoms with E-state index in [2.05, 4.69) is 6.92 Å². The van der Waals surface area contributed by atoms with E-state index in [9.17, 15) is 4.39 Å². The number of rotatable bonds is 11. The summed E-state index contributed by atoms with van der Waals surface area (Å²) in [4.78, 5) is 0. The van der Waals surface area contributed by atoms with Gasteiger partial charge >= 0.3 is 0 Å². The van der Waals surface area contributed by atoms with Crippen LogP contribution in [0.25, 0.3) is 0 Å². The van der Waals surface area contributed by atoms with Crippen molar-refractivity contribution in [1.29, 1.82) is 0 Å². The van der Waals surface area contributed by atoms with Crippen molar-refractivity contribution < 1.29 is 13.9 Å². The Morgan fingerprint density at radius 2 is 1.36 bits per heavy atom. The predicted octanol–water partition coefficient (Wildman–Crippen LogP) is 2.96. The van der Waals surface area contributed by atoms with Gasteiger partial charge in [0.15, 0.2) is 0 Å². The highest BCUT2D eigenvalue weighted by Crippen LogP contribution is 1.97. The lowest BCUT2D eigenvalue weighted by atomic mass is 10.2. The second kappa shape index (κ2) is 12.8. The highest BCUT2D eigenvalue weighted by Gasteiger charge is 1.91. The van der Waals surface area contributed by atoms with Gasteiger partial charge in [-0.25, -0.2) is 4.39 Å². The molecule has 0 saturated carbocycles. The van der Waals surface area contributed by atoms with E-state index in [1.165, 1.54) is 6.42 Å². The summed E-state index contributed by atoms with van der Waals surface area (Å²) in [5.41, 5.74) is 0. The quantitative estimate of drug-likeness (QED) is 0.484. The van der Waals surface area contributed by atoms with Crippen molar-refractivity contribution >= 4 is 0 Å². The van der Waals surface area contributed by atoms with Crippen LogP contribution in [0.1, 0.15) is 39.0 Å². The smallest absolute Gasteiger partial charge is 0.113 e. The average Bonchev–Trinajstić information content (AvgIpc) is 2.21. The Labute approximate surface area is 86.8 Å². The van der Waals surface area contributed by atoms with Crippen molar-refractivity contribution in [1.82, 2.24) is 0 Å². The third-order valence-corrected chi connectivity index (χ3v) is 1.94. The van der Waals surface area contributed by atoms with Crippen molar-refractivity contribution in [2.45, 2.75) is 39.0 Å². The Kier molecular flexibility index (Phi) is 12.7. The molecular formula is C11H23FO2. The number of halogens is 1. The fourth-order valence-electron chi connectivity index (χ4n) is 1.09. The Hall–Kier alpha value is -0.150. The van der Waals surface area contributed by atoms with Gasteiger partial charge in [-0.2, -0.15) is 0 Å². The van der Waals surface area contributed by atoms with Crippen LogP contribution in [-0.4, -0.2) is 33.1 Å². The minimum absolute atomic E-state index is 0.243. The van der Waals surface area contributed by atoms with Crippen molar-refractivity contribution in [3.63, 3.8) is 0 Å².